The molecule has 0 spiro atoms. The van der Waals surface area contributed by atoms with Crippen LogP contribution in [0.15, 0.2) is 23.8 Å². The third-order valence-corrected chi connectivity index (χ3v) is 2.17. The molecule has 0 aliphatic carbocycles. The summed E-state index contributed by atoms with van der Waals surface area (Å²) < 4.78 is 14.0. The fourth-order valence-electron chi connectivity index (χ4n) is 0.870. The number of rotatable bonds is 1. The van der Waals surface area contributed by atoms with E-state index < -0.39 is 5.82 Å². The van der Waals surface area contributed by atoms with Crippen LogP contribution < -0.4 is 0 Å². The summed E-state index contributed by atoms with van der Waals surface area (Å²) in [6, 6.07) is 7.85. The van der Waals surface area contributed by atoms with Gasteiger partial charge in [-0.05, 0) is 46.9 Å². The Kier molecular flexibility index (Phi) is 3.61. The average molecular weight is 298 g/mol. The zero-order valence-corrected chi connectivity index (χ0v) is 9.12. The molecule has 0 aliphatic heterocycles. The zero-order valence-electron chi connectivity index (χ0n) is 6.96. The van der Waals surface area contributed by atoms with Gasteiger partial charge >= 0.3 is 0 Å². The minimum atomic E-state index is -0.437. The molecule has 0 saturated heterocycles. The van der Waals surface area contributed by atoms with E-state index in [9.17, 15) is 4.39 Å². The summed E-state index contributed by atoms with van der Waals surface area (Å²) in [5.41, 5.74) is 0.154. The minimum absolute atomic E-state index is 0.106. The maximum absolute atomic E-state index is 13.1. The Hall–Kier alpha value is -1.40. The number of benzene rings is 1. The number of halogens is 2. The van der Waals surface area contributed by atoms with E-state index in [-0.39, 0.29) is 11.1 Å². The van der Waals surface area contributed by atoms with Gasteiger partial charge in [0.05, 0.1) is 0 Å². The first kappa shape index (κ1) is 10.7. The van der Waals surface area contributed by atoms with Crippen molar-refractivity contribution >= 4 is 28.7 Å². The molecule has 0 atom stereocenters. The van der Waals surface area contributed by atoms with Gasteiger partial charge in [0.25, 0.3) is 0 Å². The van der Waals surface area contributed by atoms with Gasteiger partial charge in [-0.3, -0.25) is 0 Å². The van der Waals surface area contributed by atoms with Gasteiger partial charge in [-0.15, -0.1) is 0 Å². The van der Waals surface area contributed by atoms with Crippen molar-refractivity contribution in [1.82, 2.24) is 0 Å². The van der Waals surface area contributed by atoms with E-state index in [1.54, 1.807) is 24.3 Å². The molecule has 0 bridgehead atoms. The van der Waals surface area contributed by atoms with E-state index in [4.69, 9.17) is 10.5 Å². The highest BCUT2D eigenvalue weighted by molar-refractivity contribution is 14.1. The predicted octanol–water partition coefficient (Wildman–Crippen LogP) is 2.86. The zero-order chi connectivity index (χ0) is 10.6. The molecule has 0 fully saturated rings. The average Bonchev–Trinajstić information content (AvgIpc) is 2.19. The van der Waals surface area contributed by atoms with E-state index in [1.807, 2.05) is 22.6 Å². The smallest absolute Gasteiger partial charge is 0.130 e. The van der Waals surface area contributed by atoms with Crippen molar-refractivity contribution in [3.8, 4) is 12.1 Å². The second-order valence-corrected chi connectivity index (χ2v) is 3.69. The molecule has 0 aromatic heterocycles. The van der Waals surface area contributed by atoms with Crippen molar-refractivity contribution in [2.45, 2.75) is 0 Å². The van der Waals surface area contributed by atoms with Crippen molar-refractivity contribution in [2.75, 3.05) is 0 Å². The SMILES string of the molecule is N#CC(C#N)=Cc1cc(I)ccc1F. The van der Waals surface area contributed by atoms with Crippen LogP contribution in [0.1, 0.15) is 5.56 Å². The van der Waals surface area contributed by atoms with Gasteiger partial charge in [0.2, 0.25) is 0 Å². The van der Waals surface area contributed by atoms with E-state index in [0.29, 0.717) is 0 Å². The van der Waals surface area contributed by atoms with Crippen LogP contribution in [0.4, 0.5) is 4.39 Å². The number of nitriles is 2. The molecule has 0 N–H and O–H groups in total. The summed E-state index contributed by atoms with van der Waals surface area (Å²) in [6.45, 7) is 0. The van der Waals surface area contributed by atoms with Crippen LogP contribution in [-0.4, -0.2) is 0 Å². The van der Waals surface area contributed by atoms with Crippen molar-refractivity contribution in [3.05, 3.63) is 38.7 Å². The molecular formula is C10H4FIN2. The molecule has 0 heterocycles. The maximum atomic E-state index is 13.1. The van der Waals surface area contributed by atoms with E-state index >= 15 is 0 Å². The molecule has 1 aromatic carbocycles. The van der Waals surface area contributed by atoms with Crippen LogP contribution in [0.2, 0.25) is 0 Å². The van der Waals surface area contributed by atoms with Crippen molar-refractivity contribution in [1.29, 1.82) is 10.5 Å². The standard InChI is InChI=1S/C10H4FIN2/c11-10-2-1-9(12)4-8(10)3-7(5-13)6-14/h1-4H. The Balaban J connectivity index is 3.22. The molecule has 0 saturated carbocycles. The fraction of sp³-hybridized carbons (Fsp3) is 0. The molecule has 14 heavy (non-hydrogen) atoms. The summed E-state index contributed by atoms with van der Waals surface area (Å²) in [7, 11) is 0. The molecule has 0 unspecified atom stereocenters. The lowest BCUT2D eigenvalue weighted by molar-refractivity contribution is 0.624. The first-order valence-corrected chi connectivity index (χ1v) is 4.72. The quantitative estimate of drug-likeness (QED) is 0.591. The van der Waals surface area contributed by atoms with Gasteiger partial charge in [0.1, 0.15) is 23.5 Å². The second kappa shape index (κ2) is 4.73. The molecule has 4 heteroatoms. The number of nitrogens with zero attached hydrogens (tertiary/aromatic N) is 2. The monoisotopic (exact) mass is 298 g/mol. The third-order valence-electron chi connectivity index (χ3n) is 1.50. The van der Waals surface area contributed by atoms with E-state index in [2.05, 4.69) is 0 Å². The van der Waals surface area contributed by atoms with Crippen LogP contribution in [0, 0.1) is 32.0 Å². The Morgan fingerprint density at radius 2 is 2.00 bits per heavy atom. The molecule has 68 valence electrons. The first-order chi connectivity index (χ1) is 6.67. The minimum Gasteiger partial charge on any atom is -0.206 e. The Morgan fingerprint density at radius 3 is 2.57 bits per heavy atom. The second-order valence-electron chi connectivity index (χ2n) is 2.45. The highest BCUT2D eigenvalue weighted by Gasteiger charge is 2.01. The molecular weight excluding hydrogens is 294 g/mol. The largest absolute Gasteiger partial charge is 0.206 e. The summed E-state index contributed by atoms with van der Waals surface area (Å²) in [5, 5.41) is 17.0. The van der Waals surface area contributed by atoms with Gasteiger partial charge in [0.15, 0.2) is 0 Å². The van der Waals surface area contributed by atoms with Gasteiger partial charge in [-0.25, -0.2) is 4.39 Å². The summed E-state index contributed by atoms with van der Waals surface area (Å²) in [4.78, 5) is 0. The van der Waals surface area contributed by atoms with Crippen LogP contribution in [0.25, 0.3) is 6.08 Å². The van der Waals surface area contributed by atoms with Gasteiger partial charge in [-0.2, -0.15) is 10.5 Å². The topological polar surface area (TPSA) is 47.6 Å². The first-order valence-electron chi connectivity index (χ1n) is 3.64. The normalized spacial score (nSPS) is 8.57. The molecule has 0 radical (unpaired) electrons. The highest BCUT2D eigenvalue weighted by Crippen LogP contribution is 2.15. The lowest BCUT2D eigenvalue weighted by Gasteiger charge is -1.96. The molecule has 1 rings (SSSR count). The number of hydrogen-bond acceptors (Lipinski definition) is 2. The summed E-state index contributed by atoms with van der Waals surface area (Å²) in [5.74, 6) is -0.437. The molecule has 0 amide bonds. The highest BCUT2D eigenvalue weighted by atomic mass is 127. The molecule has 0 aliphatic rings. The maximum Gasteiger partial charge on any atom is 0.130 e. The number of allylic oxidation sites excluding steroid dienone is 1. The van der Waals surface area contributed by atoms with Crippen LogP contribution in [0.5, 0.6) is 0 Å². The van der Waals surface area contributed by atoms with Crippen molar-refractivity contribution in [3.63, 3.8) is 0 Å². The molecule has 2 nitrogen and oxygen atoms in total. The van der Waals surface area contributed by atoms with E-state index in [0.717, 1.165) is 3.57 Å². The van der Waals surface area contributed by atoms with Gasteiger partial charge in [0, 0.05) is 9.13 Å². The lowest BCUT2D eigenvalue weighted by Crippen LogP contribution is -1.84. The Bertz CT molecular complexity index is 450. The predicted molar refractivity (Wildman–Crippen MR) is 58.3 cm³/mol. The summed E-state index contributed by atoms with van der Waals surface area (Å²) in [6.07, 6.45) is 1.23. The van der Waals surface area contributed by atoms with Crippen molar-refractivity contribution < 1.29 is 4.39 Å². The van der Waals surface area contributed by atoms with Crippen LogP contribution in [-0.2, 0) is 0 Å². The Labute approximate surface area is 94.4 Å². The van der Waals surface area contributed by atoms with Gasteiger partial charge < -0.3 is 0 Å². The number of hydrogen-bond donors (Lipinski definition) is 0. The lowest BCUT2D eigenvalue weighted by atomic mass is 10.1. The van der Waals surface area contributed by atoms with E-state index in [1.165, 1.54) is 12.1 Å². The fourth-order valence-corrected chi connectivity index (χ4v) is 1.39. The molecule has 1 aromatic rings. The van der Waals surface area contributed by atoms with Crippen LogP contribution in [0.3, 0.4) is 0 Å². The van der Waals surface area contributed by atoms with Crippen LogP contribution >= 0.6 is 22.6 Å². The van der Waals surface area contributed by atoms with Crippen molar-refractivity contribution in [2.24, 2.45) is 0 Å². The summed E-state index contributed by atoms with van der Waals surface area (Å²) >= 11 is 2.03. The van der Waals surface area contributed by atoms with Gasteiger partial charge in [-0.1, -0.05) is 0 Å². The Morgan fingerprint density at radius 1 is 1.36 bits per heavy atom. The third kappa shape index (κ3) is 2.54.